The molecule has 90 valence electrons. The molecule has 1 fully saturated rings. The third kappa shape index (κ3) is 2.67. The van der Waals surface area contributed by atoms with E-state index in [0.717, 1.165) is 6.54 Å². The Morgan fingerprint density at radius 1 is 1.38 bits per heavy atom. The predicted octanol–water partition coefficient (Wildman–Crippen LogP) is 4.12. The van der Waals surface area contributed by atoms with Gasteiger partial charge in [0, 0.05) is 18.0 Å². The summed E-state index contributed by atoms with van der Waals surface area (Å²) in [6, 6.07) is 2.22. The van der Waals surface area contributed by atoms with E-state index in [2.05, 4.69) is 30.6 Å². The number of thiophene rings is 1. The molecular formula is C14H23NS. The highest BCUT2D eigenvalue weighted by atomic mass is 32.1. The van der Waals surface area contributed by atoms with Crippen LogP contribution in [0.3, 0.4) is 0 Å². The molecule has 2 rings (SSSR count). The Balaban J connectivity index is 1.81. The van der Waals surface area contributed by atoms with Gasteiger partial charge in [-0.15, -0.1) is 11.3 Å². The molecule has 1 nitrogen and oxygen atoms in total. The number of aryl methyl sites for hydroxylation is 1. The van der Waals surface area contributed by atoms with Gasteiger partial charge in [0.15, 0.2) is 0 Å². The molecule has 0 atom stereocenters. The maximum atomic E-state index is 3.67. The van der Waals surface area contributed by atoms with Crippen molar-refractivity contribution in [1.29, 1.82) is 0 Å². The summed E-state index contributed by atoms with van der Waals surface area (Å²) in [5.41, 5.74) is 2.06. The van der Waals surface area contributed by atoms with Crippen molar-refractivity contribution in [2.75, 3.05) is 6.54 Å². The van der Waals surface area contributed by atoms with Gasteiger partial charge in [0.2, 0.25) is 0 Å². The minimum Gasteiger partial charge on any atom is -0.311 e. The first-order chi connectivity index (χ1) is 7.76. The molecule has 1 heterocycles. The van der Waals surface area contributed by atoms with Crippen LogP contribution in [0.2, 0.25) is 0 Å². The second kappa shape index (κ2) is 5.33. The van der Waals surface area contributed by atoms with E-state index in [0.29, 0.717) is 5.41 Å². The average Bonchev–Trinajstić information content (AvgIpc) is 2.90. The Labute approximate surface area is 103 Å². The van der Waals surface area contributed by atoms with E-state index < -0.39 is 0 Å². The summed E-state index contributed by atoms with van der Waals surface area (Å²) >= 11 is 1.88. The van der Waals surface area contributed by atoms with Crippen molar-refractivity contribution >= 4 is 11.3 Å². The van der Waals surface area contributed by atoms with Crippen LogP contribution in [0.5, 0.6) is 0 Å². The predicted molar refractivity (Wildman–Crippen MR) is 72.0 cm³/mol. The number of hydrogen-bond donors (Lipinski definition) is 1. The van der Waals surface area contributed by atoms with Crippen LogP contribution >= 0.6 is 11.3 Å². The lowest BCUT2D eigenvalue weighted by Gasteiger charge is -2.27. The van der Waals surface area contributed by atoms with Crippen molar-refractivity contribution < 1.29 is 0 Å². The van der Waals surface area contributed by atoms with Gasteiger partial charge in [-0.05, 0) is 48.6 Å². The minimum absolute atomic E-state index is 0.616. The van der Waals surface area contributed by atoms with Gasteiger partial charge in [-0.3, -0.25) is 0 Å². The standard InChI is InChI=1S/C14H23NS/c1-3-14(7-4-5-8-14)11-15-10-13-12(2)6-9-16-13/h6,9,15H,3-5,7-8,10-11H2,1-2H3. The molecular weight excluding hydrogens is 214 g/mol. The largest absolute Gasteiger partial charge is 0.311 e. The molecule has 1 aromatic rings. The van der Waals surface area contributed by atoms with E-state index >= 15 is 0 Å². The Kier molecular flexibility index (Phi) is 4.04. The molecule has 16 heavy (non-hydrogen) atoms. The van der Waals surface area contributed by atoms with Crippen LogP contribution in [0.25, 0.3) is 0 Å². The van der Waals surface area contributed by atoms with Crippen molar-refractivity contribution in [3.05, 3.63) is 21.9 Å². The zero-order valence-corrected chi connectivity index (χ0v) is 11.3. The van der Waals surface area contributed by atoms with Crippen LogP contribution in [0, 0.1) is 12.3 Å². The lowest BCUT2D eigenvalue weighted by molar-refractivity contribution is 0.268. The van der Waals surface area contributed by atoms with Crippen LogP contribution in [0.15, 0.2) is 11.4 Å². The molecule has 1 aliphatic carbocycles. The Morgan fingerprint density at radius 3 is 2.69 bits per heavy atom. The highest BCUT2D eigenvalue weighted by molar-refractivity contribution is 7.10. The molecule has 1 aromatic heterocycles. The lowest BCUT2D eigenvalue weighted by atomic mass is 9.83. The van der Waals surface area contributed by atoms with Crippen LogP contribution in [-0.4, -0.2) is 6.54 Å². The summed E-state index contributed by atoms with van der Waals surface area (Å²) in [7, 11) is 0. The molecule has 1 saturated carbocycles. The third-order valence-corrected chi connectivity index (χ3v) is 5.19. The van der Waals surface area contributed by atoms with Gasteiger partial charge in [0.25, 0.3) is 0 Å². The molecule has 1 N–H and O–H groups in total. The van der Waals surface area contributed by atoms with E-state index in [-0.39, 0.29) is 0 Å². The van der Waals surface area contributed by atoms with E-state index in [9.17, 15) is 0 Å². The topological polar surface area (TPSA) is 12.0 Å². The summed E-state index contributed by atoms with van der Waals surface area (Å²) < 4.78 is 0. The van der Waals surface area contributed by atoms with E-state index in [1.807, 2.05) is 11.3 Å². The minimum atomic E-state index is 0.616. The van der Waals surface area contributed by atoms with Crippen LogP contribution in [-0.2, 0) is 6.54 Å². The molecule has 2 heteroatoms. The maximum Gasteiger partial charge on any atom is 0.0302 e. The van der Waals surface area contributed by atoms with Gasteiger partial charge in [-0.25, -0.2) is 0 Å². The molecule has 1 aliphatic rings. The van der Waals surface area contributed by atoms with Crippen molar-refractivity contribution in [3.8, 4) is 0 Å². The fourth-order valence-electron chi connectivity index (χ4n) is 2.81. The fraction of sp³-hybridized carbons (Fsp3) is 0.714. The van der Waals surface area contributed by atoms with Gasteiger partial charge in [-0.2, -0.15) is 0 Å². The van der Waals surface area contributed by atoms with Gasteiger partial charge < -0.3 is 5.32 Å². The van der Waals surface area contributed by atoms with Crippen LogP contribution in [0.1, 0.15) is 49.5 Å². The smallest absolute Gasteiger partial charge is 0.0302 e. The summed E-state index contributed by atoms with van der Waals surface area (Å²) in [5.74, 6) is 0. The summed E-state index contributed by atoms with van der Waals surface area (Å²) in [6.45, 7) is 6.83. The second-order valence-corrected chi connectivity index (χ2v) is 6.19. The van der Waals surface area contributed by atoms with Crippen LogP contribution in [0.4, 0.5) is 0 Å². The average molecular weight is 237 g/mol. The summed E-state index contributed by atoms with van der Waals surface area (Å²) in [6.07, 6.45) is 7.07. The van der Waals surface area contributed by atoms with Crippen LogP contribution < -0.4 is 5.32 Å². The zero-order chi connectivity index (χ0) is 11.4. The molecule has 0 aromatic carbocycles. The lowest BCUT2D eigenvalue weighted by Crippen LogP contribution is -2.31. The molecule has 0 radical (unpaired) electrons. The molecule has 0 bridgehead atoms. The fourth-order valence-corrected chi connectivity index (χ4v) is 3.68. The first kappa shape index (κ1) is 12.1. The number of hydrogen-bond acceptors (Lipinski definition) is 2. The van der Waals surface area contributed by atoms with Crippen molar-refractivity contribution in [1.82, 2.24) is 5.32 Å². The first-order valence-corrected chi connectivity index (χ1v) is 7.37. The van der Waals surface area contributed by atoms with E-state index in [1.165, 1.54) is 49.1 Å². The quantitative estimate of drug-likeness (QED) is 0.812. The van der Waals surface area contributed by atoms with Gasteiger partial charge >= 0.3 is 0 Å². The summed E-state index contributed by atoms with van der Waals surface area (Å²) in [5, 5.41) is 5.86. The molecule has 0 unspecified atom stereocenters. The Bertz CT molecular complexity index is 323. The zero-order valence-electron chi connectivity index (χ0n) is 10.5. The highest BCUT2D eigenvalue weighted by Crippen LogP contribution is 2.40. The highest BCUT2D eigenvalue weighted by Gasteiger charge is 2.31. The normalized spacial score (nSPS) is 19.1. The van der Waals surface area contributed by atoms with Crippen molar-refractivity contribution in [2.45, 2.75) is 52.5 Å². The SMILES string of the molecule is CCC1(CNCc2sccc2C)CCCC1. The van der Waals surface area contributed by atoms with Gasteiger partial charge in [0.1, 0.15) is 0 Å². The van der Waals surface area contributed by atoms with Gasteiger partial charge in [0.05, 0.1) is 0 Å². The monoisotopic (exact) mass is 237 g/mol. The van der Waals surface area contributed by atoms with Gasteiger partial charge in [-0.1, -0.05) is 19.8 Å². The Hall–Kier alpha value is -0.340. The second-order valence-electron chi connectivity index (χ2n) is 5.19. The van der Waals surface area contributed by atoms with E-state index in [1.54, 1.807) is 0 Å². The molecule has 0 saturated heterocycles. The first-order valence-electron chi connectivity index (χ1n) is 6.49. The molecule has 0 spiro atoms. The Morgan fingerprint density at radius 2 is 2.12 bits per heavy atom. The third-order valence-electron chi connectivity index (χ3n) is 4.17. The van der Waals surface area contributed by atoms with E-state index in [4.69, 9.17) is 0 Å². The van der Waals surface area contributed by atoms with Crippen molar-refractivity contribution in [3.63, 3.8) is 0 Å². The summed E-state index contributed by atoms with van der Waals surface area (Å²) in [4.78, 5) is 1.50. The maximum absolute atomic E-state index is 3.67. The number of nitrogens with one attached hydrogen (secondary N) is 1. The molecule has 0 amide bonds. The van der Waals surface area contributed by atoms with Crippen molar-refractivity contribution in [2.24, 2.45) is 5.41 Å². The molecule has 0 aliphatic heterocycles. The number of rotatable bonds is 5.